The highest BCUT2D eigenvalue weighted by Gasteiger charge is 2.38. The molecule has 3 aromatic rings. The molecular formula is C34H45N3O4. The monoisotopic (exact) mass is 559 g/mol. The Morgan fingerprint density at radius 3 is 2.24 bits per heavy atom. The molecule has 0 saturated carbocycles. The number of fused-ring (bicyclic) bond motifs is 1. The summed E-state index contributed by atoms with van der Waals surface area (Å²) in [6, 6.07) is 17.8. The molecule has 0 radical (unpaired) electrons. The Bertz CT molecular complexity index is 1380. The Kier molecular flexibility index (Phi) is 10.5. The predicted molar refractivity (Wildman–Crippen MR) is 166 cm³/mol. The van der Waals surface area contributed by atoms with Crippen molar-refractivity contribution in [2.45, 2.75) is 85.9 Å². The van der Waals surface area contributed by atoms with Crippen LogP contribution in [0.1, 0.15) is 77.1 Å². The van der Waals surface area contributed by atoms with E-state index < -0.39 is 23.8 Å². The second kappa shape index (κ2) is 13.7. The molecule has 0 aliphatic heterocycles. The number of hydrogen-bond acceptors (Lipinski definition) is 4. The Morgan fingerprint density at radius 1 is 0.927 bits per heavy atom. The van der Waals surface area contributed by atoms with Crippen LogP contribution in [-0.2, 0) is 14.3 Å². The molecule has 3 rings (SSSR count). The number of nitrogens with one attached hydrogen (secondary N) is 2. The molecule has 3 aromatic carbocycles. The number of rotatable bonds is 10. The first kappa shape index (κ1) is 31.7. The summed E-state index contributed by atoms with van der Waals surface area (Å²) in [7, 11) is 0. The van der Waals surface area contributed by atoms with Gasteiger partial charge in [-0.2, -0.15) is 0 Å². The number of aryl methyl sites for hydroxylation is 1. The number of alkyl carbamates (subject to hydrolysis) is 1. The van der Waals surface area contributed by atoms with E-state index in [2.05, 4.69) is 10.6 Å². The Balaban J connectivity index is 2.06. The molecule has 0 fully saturated rings. The van der Waals surface area contributed by atoms with Gasteiger partial charge in [0.1, 0.15) is 17.7 Å². The standard InChI is InChI=1S/C34H45N3O4/c1-9-10-20-37(32(39)29(22(2)3)36-33(40)41-34(6,7)8)30(28-17-13-14-23(4)24(28)5)31(38)35-27-19-18-25-15-11-12-16-26(25)21-27/h11-19,21-22,29-30H,9-10,20H2,1-8H3,(H,35,38)(H,36,40). The second-order valence-corrected chi connectivity index (χ2v) is 12.0. The third-order valence-corrected chi connectivity index (χ3v) is 7.16. The molecule has 2 unspecified atom stereocenters. The lowest BCUT2D eigenvalue weighted by Crippen LogP contribution is -2.54. The van der Waals surface area contributed by atoms with Gasteiger partial charge in [0.25, 0.3) is 5.91 Å². The van der Waals surface area contributed by atoms with Crippen molar-refractivity contribution in [1.29, 1.82) is 0 Å². The van der Waals surface area contributed by atoms with Crippen molar-refractivity contribution < 1.29 is 19.1 Å². The van der Waals surface area contributed by atoms with E-state index in [1.54, 1.807) is 25.7 Å². The van der Waals surface area contributed by atoms with Crippen LogP contribution in [0.3, 0.4) is 0 Å². The van der Waals surface area contributed by atoms with Gasteiger partial charge in [-0.3, -0.25) is 9.59 Å². The lowest BCUT2D eigenvalue weighted by atomic mass is 9.93. The van der Waals surface area contributed by atoms with Crippen LogP contribution < -0.4 is 10.6 Å². The SMILES string of the molecule is CCCCN(C(=O)C(NC(=O)OC(C)(C)C)C(C)C)C(C(=O)Nc1ccc2ccccc2c1)c1cccc(C)c1C. The van der Waals surface area contributed by atoms with Crippen LogP contribution in [-0.4, -0.2) is 41.0 Å². The molecule has 7 nitrogen and oxygen atoms in total. The number of carbonyl (C=O) groups excluding carboxylic acids is 3. The molecule has 2 atom stereocenters. The normalized spacial score (nSPS) is 13.0. The van der Waals surface area contributed by atoms with Crippen LogP contribution in [0.5, 0.6) is 0 Å². The van der Waals surface area contributed by atoms with Crippen LogP contribution in [0.4, 0.5) is 10.5 Å². The van der Waals surface area contributed by atoms with Gasteiger partial charge in [0.15, 0.2) is 0 Å². The zero-order chi connectivity index (χ0) is 30.3. The molecule has 0 aromatic heterocycles. The minimum Gasteiger partial charge on any atom is -0.444 e. The fraction of sp³-hybridized carbons (Fsp3) is 0.441. The topological polar surface area (TPSA) is 87.7 Å². The summed E-state index contributed by atoms with van der Waals surface area (Å²) < 4.78 is 5.47. The first-order chi connectivity index (χ1) is 19.3. The minimum absolute atomic E-state index is 0.234. The summed E-state index contributed by atoms with van der Waals surface area (Å²) >= 11 is 0. The van der Waals surface area contributed by atoms with Gasteiger partial charge in [-0.25, -0.2) is 4.79 Å². The van der Waals surface area contributed by atoms with E-state index in [0.717, 1.165) is 33.9 Å². The van der Waals surface area contributed by atoms with Gasteiger partial charge in [0.05, 0.1) is 0 Å². The smallest absolute Gasteiger partial charge is 0.408 e. The van der Waals surface area contributed by atoms with Crippen LogP contribution in [0.15, 0.2) is 60.7 Å². The molecule has 220 valence electrons. The van der Waals surface area contributed by atoms with Crippen LogP contribution in [0.25, 0.3) is 10.8 Å². The van der Waals surface area contributed by atoms with E-state index in [4.69, 9.17) is 4.74 Å². The van der Waals surface area contributed by atoms with E-state index in [-0.39, 0.29) is 17.7 Å². The fourth-order valence-electron chi connectivity index (χ4n) is 4.82. The van der Waals surface area contributed by atoms with Gasteiger partial charge in [-0.05, 0) is 86.6 Å². The van der Waals surface area contributed by atoms with Crippen molar-refractivity contribution in [3.8, 4) is 0 Å². The summed E-state index contributed by atoms with van der Waals surface area (Å²) in [5.74, 6) is -0.862. The molecule has 0 bridgehead atoms. The molecule has 2 N–H and O–H groups in total. The maximum atomic E-state index is 14.3. The minimum atomic E-state index is -0.901. The van der Waals surface area contributed by atoms with Crippen molar-refractivity contribution in [2.75, 3.05) is 11.9 Å². The van der Waals surface area contributed by atoms with Gasteiger partial charge < -0.3 is 20.3 Å². The van der Waals surface area contributed by atoms with E-state index in [1.165, 1.54) is 0 Å². The molecule has 3 amide bonds. The van der Waals surface area contributed by atoms with Crippen molar-refractivity contribution in [2.24, 2.45) is 5.92 Å². The van der Waals surface area contributed by atoms with Gasteiger partial charge in [-0.15, -0.1) is 0 Å². The molecule has 0 aliphatic carbocycles. The Hall–Kier alpha value is -3.87. The van der Waals surface area contributed by atoms with Crippen molar-refractivity contribution >= 4 is 34.4 Å². The molecule has 41 heavy (non-hydrogen) atoms. The number of carbonyl (C=O) groups is 3. The van der Waals surface area contributed by atoms with E-state index in [9.17, 15) is 14.4 Å². The van der Waals surface area contributed by atoms with Gasteiger partial charge in [-0.1, -0.05) is 75.7 Å². The highest BCUT2D eigenvalue weighted by atomic mass is 16.6. The quantitative estimate of drug-likeness (QED) is 0.273. The third-order valence-electron chi connectivity index (χ3n) is 7.16. The Labute approximate surface area is 244 Å². The first-order valence-electron chi connectivity index (χ1n) is 14.5. The zero-order valence-corrected chi connectivity index (χ0v) is 25.7. The fourth-order valence-corrected chi connectivity index (χ4v) is 4.82. The van der Waals surface area contributed by atoms with E-state index in [1.807, 2.05) is 95.3 Å². The average Bonchev–Trinajstić information content (AvgIpc) is 2.90. The number of hydrogen-bond donors (Lipinski definition) is 2. The van der Waals surface area contributed by atoms with Crippen molar-refractivity contribution in [3.63, 3.8) is 0 Å². The largest absolute Gasteiger partial charge is 0.444 e. The average molecular weight is 560 g/mol. The number of unbranched alkanes of at least 4 members (excludes halogenated alkanes) is 1. The molecule has 0 saturated heterocycles. The number of benzene rings is 3. The maximum Gasteiger partial charge on any atom is 0.408 e. The summed E-state index contributed by atoms with van der Waals surface area (Å²) in [6.45, 7) is 15.5. The van der Waals surface area contributed by atoms with E-state index in [0.29, 0.717) is 18.7 Å². The van der Waals surface area contributed by atoms with Crippen LogP contribution in [0, 0.1) is 19.8 Å². The molecule has 0 spiro atoms. The molecule has 0 aliphatic rings. The summed E-state index contributed by atoms with van der Waals surface area (Å²) in [5, 5.41) is 7.95. The number of ether oxygens (including phenoxy) is 1. The molecule has 7 heteroatoms. The molecular weight excluding hydrogens is 514 g/mol. The zero-order valence-electron chi connectivity index (χ0n) is 25.7. The van der Waals surface area contributed by atoms with Crippen LogP contribution >= 0.6 is 0 Å². The Morgan fingerprint density at radius 2 is 1.61 bits per heavy atom. The highest BCUT2D eigenvalue weighted by Crippen LogP contribution is 2.30. The maximum absolute atomic E-state index is 14.3. The van der Waals surface area contributed by atoms with Crippen molar-refractivity contribution in [3.05, 3.63) is 77.4 Å². The van der Waals surface area contributed by atoms with E-state index >= 15 is 0 Å². The third kappa shape index (κ3) is 8.32. The first-order valence-corrected chi connectivity index (χ1v) is 14.5. The highest BCUT2D eigenvalue weighted by molar-refractivity contribution is 6.00. The van der Waals surface area contributed by atoms with Crippen molar-refractivity contribution in [1.82, 2.24) is 10.2 Å². The van der Waals surface area contributed by atoms with Gasteiger partial charge in [0.2, 0.25) is 5.91 Å². The molecule has 0 heterocycles. The summed E-state index contributed by atoms with van der Waals surface area (Å²) in [4.78, 5) is 42.9. The van der Waals surface area contributed by atoms with Crippen LogP contribution in [0.2, 0.25) is 0 Å². The lowest BCUT2D eigenvalue weighted by Gasteiger charge is -2.36. The summed E-state index contributed by atoms with van der Waals surface area (Å²) in [5.41, 5.74) is 2.67. The second-order valence-electron chi connectivity index (χ2n) is 12.0. The van der Waals surface area contributed by atoms with Gasteiger partial charge in [0, 0.05) is 12.2 Å². The number of nitrogens with zero attached hydrogens (tertiary/aromatic N) is 1. The van der Waals surface area contributed by atoms with Gasteiger partial charge >= 0.3 is 6.09 Å². The number of amides is 3. The number of anilines is 1. The predicted octanol–water partition coefficient (Wildman–Crippen LogP) is 7.31. The lowest BCUT2D eigenvalue weighted by molar-refractivity contribution is -0.141. The summed E-state index contributed by atoms with van der Waals surface area (Å²) in [6.07, 6.45) is 0.874.